The van der Waals surface area contributed by atoms with E-state index in [1.165, 1.54) is 0 Å². The maximum absolute atomic E-state index is 13.6. The second-order valence-corrected chi connectivity index (χ2v) is 9.30. The van der Waals surface area contributed by atoms with Crippen LogP contribution in [0, 0.1) is 17.8 Å². The van der Waals surface area contributed by atoms with Gasteiger partial charge in [-0.15, -0.1) is 6.58 Å². The number of ether oxygens (including phenoxy) is 1. The third kappa shape index (κ3) is 6.90. The Labute approximate surface area is 195 Å². The third-order valence-corrected chi connectivity index (χ3v) is 6.99. The van der Waals surface area contributed by atoms with Gasteiger partial charge >= 0.3 is 5.97 Å². The Morgan fingerprint density at radius 2 is 1.64 bits per heavy atom. The normalized spacial score (nSPS) is 19.4. The number of amides is 2. The summed E-state index contributed by atoms with van der Waals surface area (Å²) in [6, 6.07) is 8.09. The molecule has 2 aliphatic rings. The molecule has 180 valence electrons. The lowest BCUT2D eigenvalue weighted by Crippen LogP contribution is -2.45. The number of carbonyl (C=O) groups excluding carboxylic acids is 3. The Morgan fingerprint density at radius 3 is 2.24 bits per heavy atom. The van der Waals surface area contributed by atoms with E-state index in [0.29, 0.717) is 17.9 Å². The number of esters is 1. The first-order chi connectivity index (χ1) is 16.0. The molecule has 3 N–H and O–H groups in total. The van der Waals surface area contributed by atoms with Gasteiger partial charge in [-0.1, -0.05) is 62.1 Å². The van der Waals surface area contributed by atoms with Gasteiger partial charge in [0.25, 0.3) is 0 Å². The molecule has 0 unspecified atom stereocenters. The first kappa shape index (κ1) is 25.0. The van der Waals surface area contributed by atoms with Gasteiger partial charge in [-0.2, -0.15) is 0 Å². The maximum Gasteiger partial charge on any atom is 0.333 e. The van der Waals surface area contributed by atoms with E-state index in [4.69, 9.17) is 4.74 Å². The lowest BCUT2D eigenvalue weighted by molar-refractivity contribution is -0.153. The molecule has 2 saturated carbocycles. The smallest absolute Gasteiger partial charge is 0.333 e. The van der Waals surface area contributed by atoms with Gasteiger partial charge in [-0.05, 0) is 50.0 Å². The Kier molecular flexibility index (Phi) is 9.48. The minimum atomic E-state index is -0.952. The Morgan fingerprint density at radius 1 is 1.00 bits per heavy atom. The number of nitrogens with one attached hydrogen (secondary N) is 2. The number of benzene rings is 1. The maximum atomic E-state index is 13.6. The molecule has 0 bridgehead atoms. The first-order valence-electron chi connectivity index (χ1n) is 12.1. The topological polar surface area (TPSA) is 105 Å². The van der Waals surface area contributed by atoms with Gasteiger partial charge in [0.2, 0.25) is 11.8 Å². The fourth-order valence-corrected chi connectivity index (χ4v) is 5.19. The zero-order chi connectivity index (χ0) is 23.6. The zero-order valence-corrected chi connectivity index (χ0v) is 19.2. The summed E-state index contributed by atoms with van der Waals surface area (Å²) in [6.45, 7) is 3.72. The molecule has 0 aromatic heterocycles. The highest BCUT2D eigenvalue weighted by Gasteiger charge is 2.38. The van der Waals surface area contributed by atoms with Crippen molar-refractivity contribution >= 4 is 17.8 Å². The van der Waals surface area contributed by atoms with Crippen LogP contribution in [0.2, 0.25) is 0 Å². The van der Waals surface area contributed by atoms with E-state index in [1.807, 2.05) is 18.2 Å². The van der Waals surface area contributed by atoms with Crippen LogP contribution in [-0.4, -0.2) is 29.1 Å². The summed E-state index contributed by atoms with van der Waals surface area (Å²) in [7, 11) is 0. The Bertz CT molecular complexity index is 800. The van der Waals surface area contributed by atoms with Crippen molar-refractivity contribution in [1.29, 1.82) is 0 Å². The lowest BCUT2D eigenvalue weighted by Gasteiger charge is -2.28. The molecular formula is C26H36N2O5. The molecule has 3 rings (SSSR count). The Hall–Kier alpha value is -2.67. The summed E-state index contributed by atoms with van der Waals surface area (Å²) in [5.41, 5.74) is 2.35. The highest BCUT2D eigenvalue weighted by molar-refractivity contribution is 5.90. The molecule has 7 nitrogen and oxygen atoms in total. The molecule has 0 saturated heterocycles. The second kappa shape index (κ2) is 12.5. The molecule has 7 heteroatoms. The minimum Gasteiger partial charge on any atom is -0.461 e. The third-order valence-electron chi connectivity index (χ3n) is 6.99. The van der Waals surface area contributed by atoms with Crippen LogP contribution in [0.4, 0.5) is 0 Å². The average Bonchev–Trinajstić information content (AvgIpc) is 3.54. The molecule has 2 amide bonds. The van der Waals surface area contributed by atoms with Crippen LogP contribution in [0.25, 0.3) is 0 Å². The van der Waals surface area contributed by atoms with Crippen molar-refractivity contribution in [1.82, 2.24) is 10.8 Å². The van der Waals surface area contributed by atoms with Crippen molar-refractivity contribution in [3.63, 3.8) is 0 Å². The van der Waals surface area contributed by atoms with E-state index in [2.05, 4.69) is 11.9 Å². The van der Waals surface area contributed by atoms with Gasteiger partial charge in [-0.3, -0.25) is 14.8 Å². The molecular weight excluding hydrogens is 420 g/mol. The zero-order valence-electron chi connectivity index (χ0n) is 19.2. The number of hydrogen-bond donors (Lipinski definition) is 3. The molecule has 0 aliphatic heterocycles. The largest absolute Gasteiger partial charge is 0.461 e. The predicted molar refractivity (Wildman–Crippen MR) is 124 cm³/mol. The van der Waals surface area contributed by atoms with Crippen LogP contribution >= 0.6 is 0 Å². The summed E-state index contributed by atoms with van der Waals surface area (Å²) in [5, 5.41) is 12.2. The number of hydroxylamine groups is 1. The molecule has 33 heavy (non-hydrogen) atoms. The van der Waals surface area contributed by atoms with E-state index in [-0.39, 0.29) is 18.4 Å². The van der Waals surface area contributed by atoms with Gasteiger partial charge in [0, 0.05) is 0 Å². The second-order valence-electron chi connectivity index (χ2n) is 9.30. The molecule has 1 aromatic rings. The molecule has 0 spiro atoms. The summed E-state index contributed by atoms with van der Waals surface area (Å²) in [6.07, 6.45) is 10.2. The highest BCUT2D eigenvalue weighted by Crippen LogP contribution is 2.35. The van der Waals surface area contributed by atoms with Gasteiger partial charge in [0.1, 0.15) is 6.10 Å². The summed E-state index contributed by atoms with van der Waals surface area (Å²) >= 11 is 0. The van der Waals surface area contributed by atoms with Gasteiger partial charge in [0.05, 0.1) is 11.8 Å². The number of carbonyl (C=O) groups is 3. The van der Waals surface area contributed by atoms with Crippen LogP contribution in [0.1, 0.15) is 75.8 Å². The minimum absolute atomic E-state index is 0.122. The van der Waals surface area contributed by atoms with E-state index < -0.39 is 29.8 Å². The molecule has 1 aromatic carbocycles. The molecule has 0 radical (unpaired) electrons. The van der Waals surface area contributed by atoms with Crippen molar-refractivity contribution in [3.05, 3.63) is 48.6 Å². The summed E-state index contributed by atoms with van der Waals surface area (Å²) in [4.78, 5) is 39.2. The average molecular weight is 457 g/mol. The van der Waals surface area contributed by atoms with Crippen molar-refractivity contribution in [3.8, 4) is 0 Å². The van der Waals surface area contributed by atoms with E-state index in [1.54, 1.807) is 23.7 Å². The first-order valence-corrected chi connectivity index (χ1v) is 12.1. The van der Waals surface area contributed by atoms with Crippen molar-refractivity contribution in [2.75, 3.05) is 0 Å². The quantitative estimate of drug-likeness (QED) is 0.200. The fourth-order valence-electron chi connectivity index (χ4n) is 5.19. The van der Waals surface area contributed by atoms with Crippen LogP contribution in [0.5, 0.6) is 0 Å². The number of rotatable bonds is 11. The van der Waals surface area contributed by atoms with E-state index in [9.17, 15) is 19.6 Å². The van der Waals surface area contributed by atoms with Crippen molar-refractivity contribution in [2.45, 2.75) is 76.4 Å². The monoisotopic (exact) mass is 456 g/mol. The van der Waals surface area contributed by atoms with Gasteiger partial charge in [0.15, 0.2) is 6.04 Å². The van der Waals surface area contributed by atoms with Crippen molar-refractivity contribution < 1.29 is 24.3 Å². The molecule has 0 heterocycles. The molecule has 2 aliphatic carbocycles. The number of allylic oxidation sites excluding steroid dienone is 1. The van der Waals surface area contributed by atoms with Crippen molar-refractivity contribution in [2.24, 2.45) is 17.8 Å². The highest BCUT2D eigenvalue weighted by atomic mass is 16.5. The number of hydrogen-bond acceptors (Lipinski definition) is 5. The summed E-state index contributed by atoms with van der Waals surface area (Å²) in [5.74, 6) is -2.60. The molecule has 2 fully saturated rings. The molecule has 3 atom stereocenters. The van der Waals surface area contributed by atoms with Crippen LogP contribution in [0.3, 0.4) is 0 Å². The van der Waals surface area contributed by atoms with Gasteiger partial charge < -0.3 is 10.1 Å². The van der Waals surface area contributed by atoms with Crippen LogP contribution < -0.4 is 10.8 Å². The summed E-state index contributed by atoms with van der Waals surface area (Å²) < 4.78 is 5.73. The predicted octanol–water partition coefficient (Wildman–Crippen LogP) is 4.22. The fraction of sp³-hybridized carbons (Fsp3) is 0.577. The van der Waals surface area contributed by atoms with E-state index in [0.717, 1.165) is 51.4 Å². The Balaban J connectivity index is 1.83. The SMILES string of the molecule is C=CC[C@H](C(=O)NO)[C@@H](CC1CCCC1)C(=O)N[C@H](C(=O)OC1CCCC1)c1ccccc1. The van der Waals surface area contributed by atoms with Crippen LogP contribution in [0.15, 0.2) is 43.0 Å². The lowest BCUT2D eigenvalue weighted by atomic mass is 9.80. The van der Waals surface area contributed by atoms with Gasteiger partial charge in [-0.25, -0.2) is 10.3 Å². The van der Waals surface area contributed by atoms with Crippen LogP contribution in [-0.2, 0) is 19.1 Å². The standard InChI is InChI=1S/C26H36N2O5/c1-2-10-21(25(30)28-32)22(17-18-11-6-7-12-18)24(29)27-23(19-13-4-3-5-14-19)26(31)33-20-15-8-9-16-20/h2-5,13-14,18,20-23,32H,1,6-12,15-17H2,(H,27,29)(H,28,30)/t21-,22+,23-/m0/s1. The van der Waals surface area contributed by atoms with E-state index >= 15 is 0 Å².